The number of phenols is 1. The summed E-state index contributed by atoms with van der Waals surface area (Å²) in [6.07, 6.45) is -12.4. The Balaban J connectivity index is 0.973. The van der Waals surface area contributed by atoms with Crippen LogP contribution in [0.3, 0.4) is 0 Å². The molecule has 9 rings (SSSR count). The summed E-state index contributed by atoms with van der Waals surface area (Å²) in [7, 11) is 0. The van der Waals surface area contributed by atoms with Crippen molar-refractivity contribution in [2.24, 2.45) is 11.7 Å². The molecule has 32 nitrogen and oxygen atoms in total. The summed E-state index contributed by atoms with van der Waals surface area (Å²) in [5, 5.41) is 124. The fraction of sp³-hybridized carbons (Fsp3) is 0.450. The number of piperidine rings is 1. The number of nitrogens with one attached hydrogen (secondary N) is 5. The summed E-state index contributed by atoms with van der Waals surface area (Å²) >= 11 is 1.25. The van der Waals surface area contributed by atoms with Gasteiger partial charge in [0.2, 0.25) is 41.4 Å². The van der Waals surface area contributed by atoms with Crippen LogP contribution in [0.25, 0.3) is 21.1 Å². The molecule has 8 amide bonds. The maximum absolute atomic E-state index is 14.7. The number of anilines is 1. The fourth-order valence-electron chi connectivity index (χ4n) is 11.8. The molecule has 0 spiro atoms. The van der Waals surface area contributed by atoms with Crippen LogP contribution in [-0.2, 0) is 42.9 Å². The molecule has 4 fully saturated rings. The Morgan fingerprint density at radius 1 is 0.777 bits per heavy atom. The van der Waals surface area contributed by atoms with Gasteiger partial charge >= 0.3 is 0 Å². The van der Waals surface area contributed by atoms with Gasteiger partial charge in [-0.25, -0.2) is 10.2 Å². The van der Waals surface area contributed by atoms with Crippen molar-refractivity contribution in [3.63, 3.8) is 0 Å². The Hall–Kier alpha value is -8.52. The zero-order chi connectivity index (χ0) is 67.7. The van der Waals surface area contributed by atoms with E-state index < -0.39 is 183 Å². The first-order chi connectivity index (χ1) is 44.9. The number of aromatic hydroxyl groups is 1. The molecule has 504 valence electrons. The minimum absolute atomic E-state index is 0.0137. The predicted octanol–water partition coefficient (Wildman–Crippen LogP) is -1.97. The monoisotopic (exact) mass is 1340 g/mol. The number of aliphatic hydroxyl groups is 7. The number of primary amides is 1. The van der Waals surface area contributed by atoms with Crippen molar-refractivity contribution in [2.45, 2.75) is 131 Å². The van der Waals surface area contributed by atoms with Gasteiger partial charge in [-0.2, -0.15) is 0 Å². The number of nitrogens with two attached hydrogens (primary N) is 1. The lowest BCUT2D eigenvalue weighted by molar-refractivity contribution is -0.433. The summed E-state index contributed by atoms with van der Waals surface area (Å²) in [6.45, 7) is 2.40. The largest absolute Gasteiger partial charge is 0.504 e. The summed E-state index contributed by atoms with van der Waals surface area (Å²) < 4.78 is 9.21. The Morgan fingerprint density at radius 2 is 1.44 bits per heavy atom. The highest BCUT2D eigenvalue weighted by atomic mass is 32.2. The third kappa shape index (κ3) is 16.5. The normalized spacial score (nSPS) is 25.9. The number of fused-ring (bicyclic) bond motifs is 2. The Labute approximate surface area is 544 Å². The molecule has 5 aromatic rings. The molecule has 14 atom stereocenters. The second-order valence-corrected chi connectivity index (χ2v) is 24.8. The number of phenolic OH excluding ortho intramolecular Hbond substituents is 1. The molecule has 34 heteroatoms. The number of hydrogen-bond acceptors (Lipinski definition) is 26. The van der Waals surface area contributed by atoms with E-state index in [-0.39, 0.29) is 23.5 Å². The first-order valence-electron chi connectivity index (χ1n) is 29.9. The van der Waals surface area contributed by atoms with Crippen LogP contribution in [0, 0.1) is 5.92 Å². The number of carbonyl (C=O) groups excluding carboxylic acids is 8. The van der Waals surface area contributed by atoms with Gasteiger partial charge < -0.3 is 92.1 Å². The standard InChI is InChI=1S/C60H72N12O20S2/c1-28-26-72-48(49(28)79)56(86)63-25-36(74)21-38(64-52(82)32-8-10-33(11-9-32)57-68-69-58(93-57)35-13-15-44(62-24-35)70-18-16-31(17-19-70)30-6-4-3-5-7-30)53(83)65-45(29(2)73)59(87)71-27-37(75)22-39(71)54(84)67-47(55(85)66-46(60(72)88)41(77)23-43(61)78)51(81)50(80)34-12-14-40(76)42(20-34)90-94-92-91-89/h3-15,20,24,28-29,31,36-39,41,45-51,73-77,79-81,89H,16-19,21-23,25-27H2,1-2H3,(H2,61,78)(H,63,86)(H,64,82)(H,65,83)(H,66,85)(H,67,84)/t28?,29?,36?,37?,38-,39?,41?,45?,46?,47?,48?,49?,50?,51?/m0/s1. The van der Waals surface area contributed by atoms with Crippen LogP contribution in [-0.4, -0.2) is 224 Å². The zero-order valence-electron chi connectivity index (χ0n) is 50.5. The number of nitrogens with zero attached hydrogens (tertiary/aromatic N) is 6. The SMILES string of the molecule is CC(O)C1NC(=O)[C@@H](NC(=O)c2ccc(-c3nnc(-c4ccc(N5CCC(c6ccccc6)CC5)nc4)s3)cc2)CC(O)CNC(=O)C2C(O)C(C)CN2C(=O)C(C(O)CC(N)=O)NC(=O)C(C(O)C(O)c2ccc(O)c(OSOOO)c2)NC(=O)C2CC(O)CN2C1=O. The van der Waals surface area contributed by atoms with E-state index in [1.807, 2.05) is 18.2 Å². The van der Waals surface area contributed by atoms with E-state index in [4.69, 9.17) is 20.2 Å². The first kappa shape index (κ1) is 69.8. The first-order valence-corrected chi connectivity index (χ1v) is 31.4. The number of rotatable bonds is 17. The van der Waals surface area contributed by atoms with Crippen molar-refractivity contribution in [2.75, 3.05) is 37.6 Å². The number of benzene rings is 3. The summed E-state index contributed by atoms with van der Waals surface area (Å²) in [5.74, 6) is -10.6. The molecule has 0 radical (unpaired) electrons. The molecule has 0 bridgehead atoms. The van der Waals surface area contributed by atoms with Crippen LogP contribution in [0.5, 0.6) is 11.5 Å². The molecule has 13 unspecified atom stereocenters. The minimum atomic E-state index is -2.53. The molecule has 4 aliphatic rings. The minimum Gasteiger partial charge on any atom is -0.504 e. The number of hydrogen-bond donors (Lipinski definition) is 15. The van der Waals surface area contributed by atoms with Gasteiger partial charge in [-0.3, -0.25) is 38.4 Å². The van der Waals surface area contributed by atoms with Crippen LogP contribution in [0.4, 0.5) is 5.82 Å². The fourth-order valence-corrected chi connectivity index (χ4v) is 12.9. The average molecular weight is 1350 g/mol. The molecule has 0 saturated carbocycles. The third-order valence-electron chi connectivity index (χ3n) is 16.8. The quantitative estimate of drug-likeness (QED) is 0.0208. The summed E-state index contributed by atoms with van der Waals surface area (Å²) in [5.41, 5.74) is 7.66. The van der Waals surface area contributed by atoms with E-state index in [0.29, 0.717) is 21.5 Å². The van der Waals surface area contributed by atoms with Crippen LogP contribution < -0.4 is 41.4 Å². The molecule has 16 N–H and O–H groups in total. The van der Waals surface area contributed by atoms with Gasteiger partial charge in [0.05, 0.1) is 36.9 Å². The molecule has 94 heavy (non-hydrogen) atoms. The summed E-state index contributed by atoms with van der Waals surface area (Å²) in [6, 6.07) is 11.0. The van der Waals surface area contributed by atoms with E-state index in [9.17, 15) is 79.2 Å². The van der Waals surface area contributed by atoms with Crippen molar-refractivity contribution < 1.29 is 98.0 Å². The highest BCUT2D eigenvalue weighted by Gasteiger charge is 2.50. The van der Waals surface area contributed by atoms with E-state index in [1.54, 1.807) is 18.3 Å². The maximum atomic E-state index is 14.7. The molecule has 0 aliphatic carbocycles. The van der Waals surface area contributed by atoms with Gasteiger partial charge in [0.1, 0.15) is 64.3 Å². The zero-order valence-corrected chi connectivity index (χ0v) is 52.1. The highest BCUT2D eigenvalue weighted by Crippen LogP contribution is 2.36. The maximum Gasteiger partial charge on any atom is 0.261 e. The van der Waals surface area contributed by atoms with E-state index in [1.165, 1.54) is 36.0 Å². The number of aliphatic hydroxyl groups excluding tert-OH is 7. The molecular formula is C60H72N12O20S2. The van der Waals surface area contributed by atoms with Crippen LogP contribution >= 0.6 is 23.7 Å². The van der Waals surface area contributed by atoms with E-state index >= 15 is 0 Å². The highest BCUT2D eigenvalue weighted by molar-refractivity contribution is 7.90. The topological polar surface area (TPSA) is 481 Å². The molecule has 2 aromatic heterocycles. The van der Waals surface area contributed by atoms with Gasteiger partial charge in [0.25, 0.3) is 18.2 Å². The van der Waals surface area contributed by atoms with Crippen molar-refractivity contribution in [1.82, 2.24) is 51.6 Å². The van der Waals surface area contributed by atoms with Crippen molar-refractivity contribution in [3.8, 4) is 32.6 Å². The van der Waals surface area contributed by atoms with Gasteiger partial charge in [-0.1, -0.05) is 76.2 Å². The van der Waals surface area contributed by atoms with Gasteiger partial charge in [0.15, 0.2) is 11.5 Å². The predicted molar refractivity (Wildman–Crippen MR) is 330 cm³/mol. The van der Waals surface area contributed by atoms with Crippen molar-refractivity contribution in [3.05, 3.63) is 108 Å². The Morgan fingerprint density at radius 3 is 2.10 bits per heavy atom. The Bertz CT molecular complexity index is 3520. The molecule has 4 saturated heterocycles. The smallest absolute Gasteiger partial charge is 0.261 e. The van der Waals surface area contributed by atoms with Crippen LogP contribution in [0.15, 0.2) is 91.1 Å². The van der Waals surface area contributed by atoms with E-state index in [0.717, 1.165) is 72.2 Å². The lowest BCUT2D eigenvalue weighted by Crippen LogP contribution is -2.64. The molecular weight excluding hydrogens is 1270 g/mol. The number of aromatic nitrogens is 3. The van der Waals surface area contributed by atoms with Crippen LogP contribution in [0.2, 0.25) is 0 Å². The second-order valence-electron chi connectivity index (χ2n) is 23.4. The van der Waals surface area contributed by atoms with Crippen LogP contribution in [0.1, 0.15) is 79.5 Å². The van der Waals surface area contributed by atoms with E-state index in [2.05, 4.69) is 75.3 Å². The molecule has 4 aliphatic heterocycles. The lowest BCUT2D eigenvalue weighted by Gasteiger charge is -2.34. The average Bonchev–Trinajstić information content (AvgIpc) is 1.57. The molecule has 6 heterocycles. The number of pyridine rings is 1. The summed E-state index contributed by atoms with van der Waals surface area (Å²) in [4.78, 5) is 122. The lowest BCUT2D eigenvalue weighted by atomic mass is 9.89. The van der Waals surface area contributed by atoms with Crippen molar-refractivity contribution >= 4 is 76.7 Å². The van der Waals surface area contributed by atoms with Gasteiger partial charge in [-0.05, 0) is 73.2 Å². The number of carbonyl (C=O) groups is 8. The molecule has 3 aromatic carbocycles. The van der Waals surface area contributed by atoms with Crippen molar-refractivity contribution in [1.29, 1.82) is 0 Å². The third-order valence-corrected chi connectivity index (χ3v) is 18.2. The Kier molecular flexibility index (Phi) is 23.1. The van der Waals surface area contributed by atoms with Gasteiger partial charge in [-0.15, -0.1) is 10.2 Å². The second kappa shape index (κ2) is 31.1. The van der Waals surface area contributed by atoms with Gasteiger partial charge in [0, 0.05) is 74.4 Å². The number of amides is 8. The number of β-amino-alcohol motifs (C(OH)–C–C–N with tert-alkyl or cyclic N) is 1.